The van der Waals surface area contributed by atoms with E-state index in [9.17, 15) is 9.59 Å². The molecule has 0 saturated heterocycles. The van der Waals surface area contributed by atoms with Crippen LogP contribution in [0.2, 0.25) is 0 Å². The quantitative estimate of drug-likeness (QED) is 0.829. The number of nitrogens with one attached hydrogen (secondary N) is 1. The van der Waals surface area contributed by atoms with Gasteiger partial charge in [0.2, 0.25) is 5.76 Å². The van der Waals surface area contributed by atoms with Gasteiger partial charge >= 0.3 is 5.97 Å². The molecule has 1 aromatic heterocycles. The first kappa shape index (κ1) is 15.8. The van der Waals surface area contributed by atoms with Crippen LogP contribution in [0.25, 0.3) is 0 Å². The minimum Gasteiger partial charge on any atom is -0.454 e. The van der Waals surface area contributed by atoms with Crippen LogP contribution >= 0.6 is 0 Å². The van der Waals surface area contributed by atoms with E-state index < -0.39 is 24.0 Å². The van der Waals surface area contributed by atoms with Crippen molar-refractivity contribution >= 4 is 11.9 Å². The molecule has 1 unspecified atom stereocenters. The minimum absolute atomic E-state index is 0.0437. The molecule has 6 heteroatoms. The predicted octanol–water partition coefficient (Wildman–Crippen LogP) is 1.80. The Morgan fingerprint density at radius 2 is 2.15 bits per heavy atom. The molecule has 6 nitrogen and oxygen atoms in total. The van der Waals surface area contributed by atoms with E-state index in [1.54, 1.807) is 19.9 Å². The number of ether oxygens (including phenoxy) is 1. The van der Waals surface area contributed by atoms with Crippen LogP contribution in [-0.2, 0) is 9.53 Å². The number of aryl methyl sites for hydroxylation is 1. The zero-order valence-electron chi connectivity index (χ0n) is 12.0. The van der Waals surface area contributed by atoms with Crippen LogP contribution in [0.15, 0.2) is 16.5 Å². The second kappa shape index (κ2) is 6.24. The van der Waals surface area contributed by atoms with Crippen LogP contribution in [0.4, 0.5) is 0 Å². The Morgan fingerprint density at radius 1 is 1.50 bits per heavy atom. The molecule has 0 aliphatic carbocycles. The number of furan rings is 1. The lowest BCUT2D eigenvalue weighted by molar-refractivity contribution is -0.125. The maximum Gasteiger partial charge on any atom is 0.374 e. The molecule has 1 rings (SSSR count). The Morgan fingerprint density at radius 3 is 2.60 bits per heavy atom. The van der Waals surface area contributed by atoms with E-state index in [-0.39, 0.29) is 11.7 Å². The van der Waals surface area contributed by atoms with E-state index >= 15 is 0 Å². The second-order valence-corrected chi connectivity index (χ2v) is 5.00. The molecule has 0 radical (unpaired) electrons. The van der Waals surface area contributed by atoms with Gasteiger partial charge in [-0.1, -0.05) is 13.8 Å². The van der Waals surface area contributed by atoms with Gasteiger partial charge in [0.1, 0.15) is 11.3 Å². The van der Waals surface area contributed by atoms with Crippen LogP contribution in [0.3, 0.4) is 0 Å². The van der Waals surface area contributed by atoms with Crippen LogP contribution in [0.5, 0.6) is 0 Å². The van der Waals surface area contributed by atoms with Crippen LogP contribution in [-0.4, -0.2) is 24.0 Å². The van der Waals surface area contributed by atoms with E-state index in [4.69, 9.17) is 14.4 Å². The number of rotatable bonds is 5. The van der Waals surface area contributed by atoms with Gasteiger partial charge in [-0.05, 0) is 31.9 Å². The number of hydrogen-bond donors (Lipinski definition) is 1. The van der Waals surface area contributed by atoms with E-state index in [1.165, 1.54) is 6.07 Å². The van der Waals surface area contributed by atoms with Crippen molar-refractivity contribution < 1.29 is 18.7 Å². The highest BCUT2D eigenvalue weighted by molar-refractivity contribution is 5.89. The zero-order chi connectivity index (χ0) is 15.3. The number of esters is 1. The molecule has 0 bridgehead atoms. The minimum atomic E-state index is -0.995. The van der Waals surface area contributed by atoms with E-state index in [0.717, 1.165) is 0 Å². The fourth-order valence-electron chi connectivity index (χ4n) is 1.37. The number of nitrogens with zero attached hydrogens (tertiary/aromatic N) is 1. The molecule has 0 aromatic carbocycles. The smallest absolute Gasteiger partial charge is 0.374 e. The van der Waals surface area contributed by atoms with E-state index in [2.05, 4.69) is 5.32 Å². The lowest BCUT2D eigenvalue weighted by Crippen LogP contribution is -2.50. The van der Waals surface area contributed by atoms with Crippen LogP contribution < -0.4 is 5.32 Å². The standard InChI is InChI=1S/C14H18N2O4/c1-9(2)14(4,8-15)16-12(17)7-19-13(18)11-6-5-10(3)20-11/h5-6,9H,7H2,1-4H3,(H,16,17). The molecule has 0 aliphatic rings. The number of amides is 1. The highest BCUT2D eigenvalue weighted by atomic mass is 16.5. The Balaban J connectivity index is 2.52. The molecule has 0 saturated carbocycles. The third kappa shape index (κ3) is 3.85. The average Bonchev–Trinajstić information content (AvgIpc) is 2.82. The number of carbonyl (C=O) groups is 2. The van der Waals surface area contributed by atoms with Crippen LogP contribution in [0, 0.1) is 24.2 Å². The summed E-state index contributed by atoms with van der Waals surface area (Å²) in [4.78, 5) is 23.3. The van der Waals surface area contributed by atoms with Crippen molar-refractivity contribution in [2.75, 3.05) is 6.61 Å². The highest BCUT2D eigenvalue weighted by Crippen LogP contribution is 2.15. The third-order valence-corrected chi connectivity index (χ3v) is 3.06. The largest absolute Gasteiger partial charge is 0.454 e. The monoisotopic (exact) mass is 278 g/mol. The summed E-state index contributed by atoms with van der Waals surface area (Å²) < 4.78 is 9.90. The Hall–Kier alpha value is -2.29. The van der Waals surface area contributed by atoms with Gasteiger partial charge in [0.05, 0.1) is 6.07 Å². The van der Waals surface area contributed by atoms with Crippen molar-refractivity contribution in [2.24, 2.45) is 5.92 Å². The van der Waals surface area contributed by atoms with Gasteiger partial charge in [0.25, 0.3) is 5.91 Å². The number of nitriles is 1. The van der Waals surface area contributed by atoms with E-state index in [0.29, 0.717) is 5.76 Å². The third-order valence-electron chi connectivity index (χ3n) is 3.06. The second-order valence-electron chi connectivity index (χ2n) is 5.00. The molecule has 0 fully saturated rings. The first-order valence-corrected chi connectivity index (χ1v) is 6.24. The van der Waals surface area contributed by atoms with Gasteiger partial charge < -0.3 is 14.5 Å². The summed E-state index contributed by atoms with van der Waals surface area (Å²) in [6.07, 6.45) is 0. The molecule has 1 aromatic rings. The van der Waals surface area contributed by atoms with Crippen molar-refractivity contribution in [3.8, 4) is 6.07 Å². The lowest BCUT2D eigenvalue weighted by Gasteiger charge is -2.27. The summed E-state index contributed by atoms with van der Waals surface area (Å²) in [7, 11) is 0. The molecule has 0 spiro atoms. The number of hydrogen-bond acceptors (Lipinski definition) is 5. The van der Waals surface area contributed by atoms with Crippen molar-refractivity contribution in [3.05, 3.63) is 23.7 Å². The summed E-state index contributed by atoms with van der Waals surface area (Å²) in [6, 6.07) is 5.14. The lowest BCUT2D eigenvalue weighted by atomic mass is 9.90. The highest BCUT2D eigenvalue weighted by Gasteiger charge is 2.30. The molecule has 20 heavy (non-hydrogen) atoms. The summed E-state index contributed by atoms with van der Waals surface area (Å²) in [5.74, 6) is -0.684. The molecule has 0 aliphatic heterocycles. The molecule has 1 amide bonds. The molecular weight excluding hydrogens is 260 g/mol. The summed E-state index contributed by atoms with van der Waals surface area (Å²) in [6.45, 7) is 6.50. The Bertz CT molecular complexity index is 542. The maximum absolute atomic E-state index is 11.7. The predicted molar refractivity (Wildman–Crippen MR) is 70.7 cm³/mol. The number of carbonyl (C=O) groups excluding carboxylic acids is 2. The van der Waals surface area contributed by atoms with Gasteiger partial charge in [-0.25, -0.2) is 4.79 Å². The van der Waals surface area contributed by atoms with E-state index in [1.807, 2.05) is 19.9 Å². The van der Waals surface area contributed by atoms with Crippen molar-refractivity contribution in [1.82, 2.24) is 5.32 Å². The Labute approximate surface area is 117 Å². The first-order chi connectivity index (χ1) is 9.28. The van der Waals surface area contributed by atoms with Crippen molar-refractivity contribution in [1.29, 1.82) is 5.26 Å². The van der Waals surface area contributed by atoms with Crippen LogP contribution in [0.1, 0.15) is 37.1 Å². The summed E-state index contributed by atoms with van der Waals surface area (Å²) >= 11 is 0. The van der Waals surface area contributed by atoms with Crippen molar-refractivity contribution in [3.63, 3.8) is 0 Å². The average molecular weight is 278 g/mol. The fraction of sp³-hybridized carbons (Fsp3) is 0.500. The van der Waals surface area contributed by atoms with Gasteiger partial charge in [-0.3, -0.25) is 4.79 Å². The topological polar surface area (TPSA) is 92.3 Å². The molecule has 108 valence electrons. The molecule has 1 N–H and O–H groups in total. The maximum atomic E-state index is 11.7. The first-order valence-electron chi connectivity index (χ1n) is 6.24. The zero-order valence-corrected chi connectivity index (χ0v) is 12.0. The Kier molecular flexibility index (Phi) is 4.92. The normalized spacial score (nSPS) is 13.4. The molecular formula is C14H18N2O4. The van der Waals surface area contributed by atoms with Gasteiger partial charge in [0.15, 0.2) is 6.61 Å². The van der Waals surface area contributed by atoms with Crippen molar-refractivity contribution in [2.45, 2.75) is 33.2 Å². The van der Waals surface area contributed by atoms with Gasteiger partial charge in [-0.2, -0.15) is 5.26 Å². The fourth-order valence-corrected chi connectivity index (χ4v) is 1.37. The molecule has 1 atom stereocenters. The SMILES string of the molecule is Cc1ccc(C(=O)OCC(=O)NC(C)(C#N)C(C)C)o1. The van der Waals surface area contributed by atoms with Gasteiger partial charge in [-0.15, -0.1) is 0 Å². The summed E-state index contributed by atoms with van der Waals surface area (Å²) in [5.41, 5.74) is -0.995. The molecule has 1 heterocycles. The van der Waals surface area contributed by atoms with Gasteiger partial charge in [0, 0.05) is 0 Å². The summed E-state index contributed by atoms with van der Waals surface area (Å²) in [5, 5.41) is 11.6.